The van der Waals surface area contributed by atoms with E-state index in [1.165, 1.54) is 12.8 Å². The number of hydrogen-bond donors (Lipinski definition) is 1. The lowest BCUT2D eigenvalue weighted by molar-refractivity contribution is 0.0729. The van der Waals surface area contributed by atoms with Gasteiger partial charge in [-0.25, -0.2) is 9.97 Å². The molecule has 0 bridgehead atoms. The number of aliphatic hydroxyl groups excluding tert-OH is 1. The summed E-state index contributed by atoms with van der Waals surface area (Å²) in [6.45, 7) is 5.37. The molecule has 182 valence electrons. The summed E-state index contributed by atoms with van der Waals surface area (Å²) in [5.41, 5.74) is 3.64. The van der Waals surface area contributed by atoms with E-state index in [1.807, 2.05) is 54.4 Å². The summed E-state index contributed by atoms with van der Waals surface area (Å²) in [7, 11) is 2.16. The van der Waals surface area contributed by atoms with Gasteiger partial charge in [0, 0.05) is 29.9 Å². The molecule has 8 heteroatoms. The molecule has 2 aliphatic rings. The number of likely N-dealkylation sites (tertiary alicyclic amines) is 1. The molecule has 1 unspecified atom stereocenters. The molecule has 1 fully saturated rings. The normalized spacial score (nSPS) is 19.1. The zero-order valence-electron chi connectivity index (χ0n) is 20.2. The van der Waals surface area contributed by atoms with E-state index in [9.17, 15) is 5.11 Å². The highest BCUT2D eigenvalue weighted by Gasteiger charge is 2.19. The molecule has 2 aromatic heterocycles. The molecule has 2 aliphatic heterocycles. The van der Waals surface area contributed by atoms with Crippen molar-refractivity contribution >= 4 is 5.57 Å². The van der Waals surface area contributed by atoms with Gasteiger partial charge in [0.2, 0.25) is 0 Å². The molecule has 1 atom stereocenters. The van der Waals surface area contributed by atoms with E-state index in [-0.39, 0.29) is 0 Å². The van der Waals surface area contributed by atoms with Gasteiger partial charge in [0.1, 0.15) is 6.23 Å². The Labute approximate surface area is 205 Å². The van der Waals surface area contributed by atoms with Crippen molar-refractivity contribution in [3.63, 3.8) is 0 Å². The van der Waals surface area contributed by atoms with Crippen molar-refractivity contribution in [3.05, 3.63) is 78.1 Å². The van der Waals surface area contributed by atoms with Crippen molar-refractivity contribution in [1.82, 2.24) is 24.9 Å². The second-order valence-corrected chi connectivity index (χ2v) is 9.36. The topological polar surface area (TPSA) is 87.8 Å². The van der Waals surface area contributed by atoms with Gasteiger partial charge in [-0.1, -0.05) is 23.4 Å². The summed E-state index contributed by atoms with van der Waals surface area (Å²) in [4.78, 5) is 13.3. The number of nitrogens with zero attached hydrogens (tertiary/aromatic N) is 5. The first-order chi connectivity index (χ1) is 17.0. The molecule has 1 saturated heterocycles. The van der Waals surface area contributed by atoms with Gasteiger partial charge in [-0.05, 0) is 69.6 Å². The summed E-state index contributed by atoms with van der Waals surface area (Å²) < 4.78 is 11.3. The molecule has 5 rings (SSSR count). The second kappa shape index (κ2) is 10.4. The van der Waals surface area contributed by atoms with Crippen LogP contribution in [-0.4, -0.2) is 63.0 Å². The highest BCUT2D eigenvalue weighted by atomic mass is 16.5. The van der Waals surface area contributed by atoms with Crippen LogP contribution >= 0.6 is 0 Å². The lowest BCUT2D eigenvalue weighted by atomic mass is 9.98. The zero-order valence-corrected chi connectivity index (χ0v) is 20.2. The molecule has 4 heterocycles. The molecule has 0 amide bonds. The monoisotopic (exact) mass is 473 g/mol. The maximum Gasteiger partial charge on any atom is 0.168 e. The van der Waals surface area contributed by atoms with Crippen molar-refractivity contribution in [2.24, 2.45) is 5.92 Å². The van der Waals surface area contributed by atoms with Crippen molar-refractivity contribution in [3.8, 4) is 17.1 Å². The number of piperidine rings is 1. The van der Waals surface area contributed by atoms with Crippen LogP contribution in [0.4, 0.5) is 0 Å². The predicted octanol–water partition coefficient (Wildman–Crippen LogP) is 3.89. The van der Waals surface area contributed by atoms with Gasteiger partial charge in [0.15, 0.2) is 17.3 Å². The SMILES string of the molecule is Cc1cc(C2=CN(Cc3cccc(-c4ncc(OCC5CCN(C)CC5)cn4)c3)C(O)C=C2)on1. The van der Waals surface area contributed by atoms with Crippen molar-refractivity contribution in [1.29, 1.82) is 0 Å². The Morgan fingerprint density at radius 1 is 1.14 bits per heavy atom. The molecular weight excluding hydrogens is 442 g/mol. The third-order valence-electron chi connectivity index (χ3n) is 6.51. The fraction of sp³-hybridized carbons (Fsp3) is 0.370. The van der Waals surface area contributed by atoms with Crippen LogP contribution in [0.15, 0.2) is 65.6 Å². The first-order valence-corrected chi connectivity index (χ1v) is 12.0. The van der Waals surface area contributed by atoms with Crippen molar-refractivity contribution < 1.29 is 14.4 Å². The molecular formula is C27H31N5O3. The molecule has 1 N–H and O–H groups in total. The zero-order chi connectivity index (χ0) is 24.2. The predicted molar refractivity (Wildman–Crippen MR) is 133 cm³/mol. The molecule has 35 heavy (non-hydrogen) atoms. The molecule has 0 spiro atoms. The Morgan fingerprint density at radius 3 is 2.69 bits per heavy atom. The van der Waals surface area contributed by atoms with E-state index in [0.29, 0.717) is 36.4 Å². The smallest absolute Gasteiger partial charge is 0.168 e. The number of aromatic nitrogens is 3. The van der Waals surface area contributed by atoms with Crippen LogP contribution in [0.3, 0.4) is 0 Å². The summed E-state index contributed by atoms with van der Waals surface area (Å²) in [6, 6.07) is 9.93. The molecule has 3 aromatic rings. The third kappa shape index (κ3) is 5.78. The Hall–Kier alpha value is -3.49. The number of rotatable bonds is 7. The van der Waals surface area contributed by atoms with E-state index >= 15 is 0 Å². The summed E-state index contributed by atoms with van der Waals surface area (Å²) in [5.74, 6) is 2.61. The Bertz CT molecular complexity index is 1200. The summed E-state index contributed by atoms with van der Waals surface area (Å²) in [5, 5.41) is 14.4. The van der Waals surface area contributed by atoms with Crippen LogP contribution in [0.1, 0.15) is 29.9 Å². The number of aryl methyl sites for hydroxylation is 1. The largest absolute Gasteiger partial charge is 0.490 e. The second-order valence-electron chi connectivity index (χ2n) is 9.36. The lowest BCUT2D eigenvalue weighted by Gasteiger charge is -2.28. The van der Waals surface area contributed by atoms with E-state index in [0.717, 1.165) is 35.5 Å². The lowest BCUT2D eigenvalue weighted by Crippen LogP contribution is -2.32. The molecule has 0 radical (unpaired) electrons. The standard InChI is InChI=1S/C27H31N5O3/c1-19-12-25(35-30-19)23-6-7-26(33)32(17-23)16-21-4-3-5-22(13-21)27-28-14-24(15-29-27)34-18-20-8-10-31(2)11-9-20/h3-7,12-15,17,20,26,33H,8-11,16,18H2,1-2H3. The van der Waals surface area contributed by atoms with E-state index in [1.54, 1.807) is 18.5 Å². The average Bonchev–Trinajstić information content (AvgIpc) is 3.32. The van der Waals surface area contributed by atoms with Crippen LogP contribution in [0.25, 0.3) is 17.0 Å². The Kier molecular flexibility index (Phi) is 6.92. The van der Waals surface area contributed by atoms with Gasteiger partial charge < -0.3 is 24.2 Å². The minimum atomic E-state index is -0.719. The van der Waals surface area contributed by atoms with Crippen LogP contribution in [0, 0.1) is 12.8 Å². The van der Waals surface area contributed by atoms with Gasteiger partial charge in [0.25, 0.3) is 0 Å². The number of allylic oxidation sites excluding steroid dienone is 2. The molecule has 1 aromatic carbocycles. The Morgan fingerprint density at radius 2 is 1.94 bits per heavy atom. The van der Waals surface area contributed by atoms with E-state index in [4.69, 9.17) is 9.26 Å². The van der Waals surface area contributed by atoms with E-state index < -0.39 is 6.23 Å². The first kappa shape index (κ1) is 23.3. The minimum Gasteiger partial charge on any atom is -0.490 e. The minimum absolute atomic E-state index is 0.522. The van der Waals surface area contributed by atoms with Crippen molar-refractivity contribution in [2.75, 3.05) is 26.7 Å². The summed E-state index contributed by atoms with van der Waals surface area (Å²) in [6.07, 6.45) is 10.6. The molecule has 0 aliphatic carbocycles. The van der Waals surface area contributed by atoms with Crippen LogP contribution in [-0.2, 0) is 6.54 Å². The number of ether oxygens (including phenoxy) is 1. The maximum atomic E-state index is 10.5. The van der Waals surface area contributed by atoms with Gasteiger partial charge >= 0.3 is 0 Å². The Balaban J connectivity index is 1.23. The molecule has 0 saturated carbocycles. The van der Waals surface area contributed by atoms with Gasteiger partial charge in [0.05, 0.1) is 24.7 Å². The highest BCUT2D eigenvalue weighted by molar-refractivity contribution is 5.71. The van der Waals surface area contributed by atoms with Gasteiger partial charge in [-0.15, -0.1) is 0 Å². The first-order valence-electron chi connectivity index (χ1n) is 12.0. The van der Waals surface area contributed by atoms with Crippen LogP contribution in [0.5, 0.6) is 5.75 Å². The van der Waals surface area contributed by atoms with Crippen molar-refractivity contribution in [2.45, 2.75) is 32.5 Å². The van der Waals surface area contributed by atoms with Crippen LogP contribution in [0.2, 0.25) is 0 Å². The fourth-order valence-corrected chi connectivity index (χ4v) is 4.39. The molecule has 8 nitrogen and oxygen atoms in total. The number of hydrogen-bond acceptors (Lipinski definition) is 8. The summed E-state index contributed by atoms with van der Waals surface area (Å²) >= 11 is 0. The number of aliphatic hydroxyl groups is 1. The van der Waals surface area contributed by atoms with Gasteiger partial charge in [-0.3, -0.25) is 0 Å². The maximum absolute atomic E-state index is 10.5. The fourth-order valence-electron chi connectivity index (χ4n) is 4.39. The third-order valence-corrected chi connectivity index (χ3v) is 6.51. The van der Waals surface area contributed by atoms with Crippen LogP contribution < -0.4 is 4.74 Å². The quantitative estimate of drug-likeness (QED) is 0.553. The average molecular weight is 474 g/mol. The van der Waals surface area contributed by atoms with E-state index in [2.05, 4.69) is 27.1 Å². The highest BCUT2D eigenvalue weighted by Crippen LogP contribution is 2.25. The number of benzene rings is 1. The van der Waals surface area contributed by atoms with Gasteiger partial charge in [-0.2, -0.15) is 0 Å².